The second kappa shape index (κ2) is 5.21. The number of carbonyl (C=O) groups is 1. The molecule has 6 heteroatoms. The van der Waals surface area contributed by atoms with Crippen molar-refractivity contribution >= 4 is 16.9 Å². The third-order valence-corrected chi connectivity index (χ3v) is 5.17. The van der Waals surface area contributed by atoms with Gasteiger partial charge in [-0.25, -0.2) is 4.98 Å². The molecule has 2 saturated heterocycles. The lowest BCUT2D eigenvalue weighted by Gasteiger charge is -2.21. The minimum Gasteiger partial charge on any atom is -0.460 e. The van der Waals surface area contributed by atoms with Crippen LogP contribution in [-0.4, -0.2) is 33.6 Å². The SMILES string of the molecule is O=C(N[C@@H]1C[C@H]2CC[C@@H]1N2)c1cc2c(-n3cccc3)coc2cn1. The summed E-state index contributed by atoms with van der Waals surface area (Å²) in [5.41, 5.74) is 2.02. The first-order chi connectivity index (χ1) is 11.8. The van der Waals surface area contributed by atoms with Crippen molar-refractivity contribution in [2.75, 3.05) is 0 Å². The summed E-state index contributed by atoms with van der Waals surface area (Å²) in [5.74, 6) is -0.115. The van der Waals surface area contributed by atoms with Gasteiger partial charge in [0, 0.05) is 35.9 Å². The molecule has 122 valence electrons. The molecule has 2 aliphatic heterocycles. The zero-order valence-corrected chi connectivity index (χ0v) is 13.1. The van der Waals surface area contributed by atoms with Crippen LogP contribution in [-0.2, 0) is 0 Å². The van der Waals surface area contributed by atoms with Crippen LogP contribution in [0.25, 0.3) is 16.7 Å². The van der Waals surface area contributed by atoms with Crippen molar-refractivity contribution in [3.8, 4) is 5.69 Å². The predicted molar refractivity (Wildman–Crippen MR) is 89.2 cm³/mol. The summed E-state index contributed by atoms with van der Waals surface area (Å²) < 4.78 is 7.52. The average Bonchev–Trinajstić information content (AvgIpc) is 3.36. The molecule has 0 spiro atoms. The monoisotopic (exact) mass is 322 g/mol. The molecule has 0 aliphatic carbocycles. The molecule has 5 rings (SSSR count). The summed E-state index contributed by atoms with van der Waals surface area (Å²) in [6.07, 6.45) is 10.6. The van der Waals surface area contributed by atoms with Gasteiger partial charge >= 0.3 is 0 Å². The van der Waals surface area contributed by atoms with Gasteiger partial charge in [-0.15, -0.1) is 0 Å². The van der Waals surface area contributed by atoms with Gasteiger partial charge in [0.2, 0.25) is 0 Å². The smallest absolute Gasteiger partial charge is 0.270 e. The van der Waals surface area contributed by atoms with Gasteiger partial charge in [0.25, 0.3) is 5.91 Å². The highest BCUT2D eigenvalue weighted by atomic mass is 16.3. The van der Waals surface area contributed by atoms with Crippen molar-refractivity contribution in [1.29, 1.82) is 0 Å². The molecule has 2 aliphatic rings. The Kier molecular flexibility index (Phi) is 2.99. The summed E-state index contributed by atoms with van der Waals surface area (Å²) in [4.78, 5) is 16.9. The zero-order chi connectivity index (χ0) is 16.1. The Balaban J connectivity index is 1.44. The molecule has 24 heavy (non-hydrogen) atoms. The molecule has 0 unspecified atom stereocenters. The van der Waals surface area contributed by atoms with Crippen molar-refractivity contribution < 1.29 is 9.21 Å². The topological polar surface area (TPSA) is 72.1 Å². The number of pyridine rings is 1. The van der Waals surface area contributed by atoms with Crippen LogP contribution in [0.1, 0.15) is 29.8 Å². The number of rotatable bonds is 3. The second-order valence-corrected chi connectivity index (χ2v) is 6.64. The van der Waals surface area contributed by atoms with E-state index < -0.39 is 0 Å². The first-order valence-electron chi connectivity index (χ1n) is 8.35. The number of fused-ring (bicyclic) bond motifs is 3. The Bertz CT molecular complexity index is 899. The van der Waals surface area contributed by atoms with E-state index in [2.05, 4.69) is 15.6 Å². The molecule has 0 saturated carbocycles. The molecular weight excluding hydrogens is 304 g/mol. The lowest BCUT2D eigenvalue weighted by molar-refractivity contribution is 0.0926. The van der Waals surface area contributed by atoms with E-state index in [1.54, 1.807) is 12.5 Å². The molecule has 6 nitrogen and oxygen atoms in total. The van der Waals surface area contributed by atoms with E-state index in [4.69, 9.17) is 4.42 Å². The van der Waals surface area contributed by atoms with Crippen LogP contribution in [0.15, 0.2) is 47.5 Å². The van der Waals surface area contributed by atoms with E-state index in [1.807, 2.05) is 35.2 Å². The Morgan fingerprint density at radius 1 is 1.33 bits per heavy atom. The highest BCUT2D eigenvalue weighted by Crippen LogP contribution is 2.29. The van der Waals surface area contributed by atoms with Gasteiger partial charge in [-0.1, -0.05) is 0 Å². The maximum Gasteiger partial charge on any atom is 0.270 e. The maximum atomic E-state index is 12.6. The molecule has 5 heterocycles. The third kappa shape index (κ3) is 2.14. The number of amides is 1. The van der Waals surface area contributed by atoms with Crippen LogP contribution in [0, 0.1) is 0 Å². The third-order valence-electron chi connectivity index (χ3n) is 5.17. The van der Waals surface area contributed by atoms with Gasteiger partial charge in [0.15, 0.2) is 5.58 Å². The highest BCUT2D eigenvalue weighted by Gasteiger charge is 2.39. The number of aromatic nitrogens is 2. The number of carbonyl (C=O) groups excluding carboxylic acids is 1. The van der Waals surface area contributed by atoms with E-state index in [9.17, 15) is 4.79 Å². The first kappa shape index (κ1) is 13.8. The first-order valence-corrected chi connectivity index (χ1v) is 8.35. The van der Waals surface area contributed by atoms with E-state index in [1.165, 1.54) is 6.42 Å². The molecule has 3 aromatic heterocycles. The van der Waals surface area contributed by atoms with Crippen LogP contribution in [0.4, 0.5) is 0 Å². The average molecular weight is 322 g/mol. The predicted octanol–water partition coefficient (Wildman–Crippen LogP) is 2.24. The zero-order valence-electron chi connectivity index (χ0n) is 13.1. The van der Waals surface area contributed by atoms with Crippen LogP contribution in [0.2, 0.25) is 0 Å². The lowest BCUT2D eigenvalue weighted by Crippen LogP contribution is -2.43. The molecule has 3 atom stereocenters. The fourth-order valence-electron chi connectivity index (χ4n) is 3.96. The molecule has 0 radical (unpaired) electrons. The minimum absolute atomic E-state index is 0.115. The molecule has 2 N–H and O–H groups in total. The number of nitrogens with zero attached hydrogens (tertiary/aromatic N) is 2. The van der Waals surface area contributed by atoms with Gasteiger partial charge in [0.1, 0.15) is 12.0 Å². The molecule has 3 aromatic rings. The van der Waals surface area contributed by atoms with Crippen LogP contribution >= 0.6 is 0 Å². The number of furan rings is 1. The van der Waals surface area contributed by atoms with Gasteiger partial charge in [0.05, 0.1) is 11.9 Å². The Morgan fingerprint density at radius 3 is 2.96 bits per heavy atom. The Morgan fingerprint density at radius 2 is 2.21 bits per heavy atom. The number of hydrogen-bond acceptors (Lipinski definition) is 4. The molecule has 2 fully saturated rings. The van der Waals surface area contributed by atoms with Crippen molar-refractivity contribution in [2.24, 2.45) is 0 Å². The summed E-state index contributed by atoms with van der Waals surface area (Å²) in [6.45, 7) is 0. The highest BCUT2D eigenvalue weighted by molar-refractivity contribution is 5.97. The van der Waals surface area contributed by atoms with E-state index in [-0.39, 0.29) is 11.9 Å². The molecule has 0 aromatic carbocycles. The van der Waals surface area contributed by atoms with Crippen LogP contribution in [0.3, 0.4) is 0 Å². The minimum atomic E-state index is -0.115. The van der Waals surface area contributed by atoms with E-state index in [0.29, 0.717) is 23.4 Å². The fourth-order valence-corrected chi connectivity index (χ4v) is 3.96. The quantitative estimate of drug-likeness (QED) is 0.776. The van der Waals surface area contributed by atoms with Crippen LogP contribution < -0.4 is 10.6 Å². The van der Waals surface area contributed by atoms with Gasteiger partial charge in [-0.05, 0) is 37.5 Å². The van der Waals surface area contributed by atoms with Gasteiger partial charge in [-0.2, -0.15) is 0 Å². The van der Waals surface area contributed by atoms with Crippen LogP contribution in [0.5, 0.6) is 0 Å². The largest absolute Gasteiger partial charge is 0.460 e. The van der Waals surface area contributed by atoms with E-state index in [0.717, 1.165) is 23.9 Å². The Hall–Kier alpha value is -2.60. The standard InChI is InChI=1S/C18H18N4O2/c23-18(21-14-7-11-3-4-13(14)20-11)15-8-12-16(22-5-1-2-6-22)10-24-17(12)9-19-15/h1-2,5-6,8-11,13-14,20H,3-4,7H2,(H,21,23)/t11-,13+,14-/m1/s1. The fraction of sp³-hybridized carbons (Fsp3) is 0.333. The molecule has 1 amide bonds. The lowest BCUT2D eigenvalue weighted by atomic mass is 9.95. The summed E-state index contributed by atoms with van der Waals surface area (Å²) in [7, 11) is 0. The summed E-state index contributed by atoms with van der Waals surface area (Å²) in [6, 6.07) is 6.90. The molecular formula is C18H18N4O2. The normalized spacial score (nSPS) is 25.4. The summed E-state index contributed by atoms with van der Waals surface area (Å²) >= 11 is 0. The van der Waals surface area contributed by atoms with Crippen molar-refractivity contribution in [3.05, 3.63) is 48.7 Å². The van der Waals surface area contributed by atoms with Crippen molar-refractivity contribution in [1.82, 2.24) is 20.2 Å². The number of hydrogen-bond donors (Lipinski definition) is 2. The number of nitrogens with one attached hydrogen (secondary N) is 2. The summed E-state index contributed by atoms with van der Waals surface area (Å²) in [5, 5.41) is 7.56. The van der Waals surface area contributed by atoms with Gasteiger partial charge < -0.3 is 19.6 Å². The van der Waals surface area contributed by atoms with Gasteiger partial charge in [-0.3, -0.25) is 4.79 Å². The Labute approximate surface area is 138 Å². The molecule has 2 bridgehead atoms. The van der Waals surface area contributed by atoms with E-state index >= 15 is 0 Å². The maximum absolute atomic E-state index is 12.6. The second-order valence-electron chi connectivity index (χ2n) is 6.64. The van der Waals surface area contributed by atoms with Crippen molar-refractivity contribution in [2.45, 2.75) is 37.4 Å². The van der Waals surface area contributed by atoms with Crippen molar-refractivity contribution in [3.63, 3.8) is 0 Å².